The molecule has 2 aliphatic heterocycles. The number of amides is 1. The number of nitrogens with zero attached hydrogens (tertiary/aromatic N) is 4. The van der Waals surface area contributed by atoms with Crippen molar-refractivity contribution in [2.75, 3.05) is 24.5 Å². The van der Waals surface area contributed by atoms with Crippen LogP contribution in [0, 0.1) is 0 Å². The first kappa shape index (κ1) is 17.7. The maximum atomic E-state index is 12.4. The zero-order valence-corrected chi connectivity index (χ0v) is 16.1. The molecule has 2 aliphatic rings. The van der Waals surface area contributed by atoms with E-state index in [-0.39, 0.29) is 11.2 Å². The number of aromatic nitrogens is 3. The van der Waals surface area contributed by atoms with Crippen molar-refractivity contribution in [2.24, 2.45) is 0 Å². The molecule has 6 nitrogen and oxygen atoms in total. The highest BCUT2D eigenvalue weighted by Crippen LogP contribution is 2.33. The summed E-state index contributed by atoms with van der Waals surface area (Å²) in [5.74, 6) is 0.928. The second-order valence-electron chi connectivity index (χ2n) is 6.69. The van der Waals surface area contributed by atoms with E-state index in [0.717, 1.165) is 68.5 Å². The first-order chi connectivity index (χ1) is 12.7. The van der Waals surface area contributed by atoms with Crippen molar-refractivity contribution in [3.63, 3.8) is 0 Å². The topological polar surface area (TPSA) is 63.1 Å². The summed E-state index contributed by atoms with van der Waals surface area (Å²) in [6, 6.07) is 7.71. The van der Waals surface area contributed by atoms with E-state index in [4.69, 9.17) is 11.6 Å². The quantitative estimate of drug-likeness (QED) is 0.866. The maximum Gasteiger partial charge on any atom is 0.233 e. The highest BCUT2D eigenvalue weighted by Gasteiger charge is 2.28. The average molecular weight is 392 g/mol. The second kappa shape index (κ2) is 7.88. The van der Waals surface area contributed by atoms with Crippen LogP contribution < -0.4 is 10.2 Å². The Kier molecular flexibility index (Phi) is 5.36. The summed E-state index contributed by atoms with van der Waals surface area (Å²) in [6.45, 7) is 2.72. The highest BCUT2D eigenvalue weighted by atomic mass is 35.5. The van der Waals surface area contributed by atoms with Gasteiger partial charge in [0.05, 0.1) is 10.9 Å². The molecular formula is C18H22ClN5OS. The van der Waals surface area contributed by atoms with Gasteiger partial charge in [0.2, 0.25) is 11.9 Å². The molecule has 138 valence electrons. The van der Waals surface area contributed by atoms with Gasteiger partial charge in [0.25, 0.3) is 0 Å². The van der Waals surface area contributed by atoms with Crippen molar-refractivity contribution in [2.45, 2.75) is 42.5 Å². The van der Waals surface area contributed by atoms with Gasteiger partial charge in [-0.05, 0) is 43.9 Å². The molecule has 1 unspecified atom stereocenters. The van der Waals surface area contributed by atoms with Gasteiger partial charge < -0.3 is 10.2 Å². The smallest absolute Gasteiger partial charge is 0.233 e. The summed E-state index contributed by atoms with van der Waals surface area (Å²) in [5, 5.41) is 13.2. The number of anilines is 1. The molecule has 1 atom stereocenters. The molecule has 1 N–H and O–H groups in total. The number of rotatable bonds is 4. The number of halogens is 1. The van der Waals surface area contributed by atoms with Crippen molar-refractivity contribution >= 4 is 35.2 Å². The summed E-state index contributed by atoms with van der Waals surface area (Å²) >= 11 is 7.72. The molecule has 2 fully saturated rings. The summed E-state index contributed by atoms with van der Waals surface area (Å²) in [7, 11) is 0. The largest absolute Gasteiger partial charge is 0.355 e. The molecule has 0 spiro atoms. The predicted octanol–water partition coefficient (Wildman–Crippen LogP) is 3.28. The Hall–Kier alpha value is -1.73. The molecule has 1 aromatic carbocycles. The molecular weight excluding hydrogens is 370 g/mol. The third-order valence-electron chi connectivity index (χ3n) is 4.80. The van der Waals surface area contributed by atoms with Gasteiger partial charge in [0.1, 0.15) is 0 Å². The molecule has 1 amide bonds. The van der Waals surface area contributed by atoms with Gasteiger partial charge in [-0.2, -0.15) is 0 Å². The van der Waals surface area contributed by atoms with Gasteiger partial charge in [-0.1, -0.05) is 35.9 Å². The summed E-state index contributed by atoms with van der Waals surface area (Å²) in [4.78, 5) is 14.6. The van der Waals surface area contributed by atoms with Crippen LogP contribution in [-0.2, 0) is 4.79 Å². The zero-order chi connectivity index (χ0) is 17.9. The van der Waals surface area contributed by atoms with Crippen LogP contribution in [0.4, 0.5) is 5.95 Å². The number of carbonyl (C=O) groups excluding carboxylic acids is 1. The fraction of sp³-hybridized carbons (Fsp3) is 0.500. The van der Waals surface area contributed by atoms with Crippen molar-refractivity contribution in [3.05, 3.63) is 29.3 Å². The van der Waals surface area contributed by atoms with E-state index in [1.807, 2.05) is 28.8 Å². The van der Waals surface area contributed by atoms with E-state index in [1.54, 1.807) is 0 Å². The normalized spacial score (nSPS) is 20.9. The average Bonchev–Trinajstić information content (AvgIpc) is 3.25. The van der Waals surface area contributed by atoms with Crippen LogP contribution in [0.15, 0.2) is 29.4 Å². The number of thioether (sulfide) groups is 1. The molecule has 0 bridgehead atoms. The number of hydrogen-bond donors (Lipinski definition) is 1. The Morgan fingerprint density at radius 2 is 2.00 bits per heavy atom. The molecule has 8 heteroatoms. The van der Waals surface area contributed by atoms with Gasteiger partial charge in [-0.25, -0.2) is 0 Å². The molecule has 26 heavy (non-hydrogen) atoms. The molecule has 2 aromatic rings. The molecule has 3 heterocycles. The minimum Gasteiger partial charge on any atom is -0.355 e. The first-order valence-corrected chi connectivity index (χ1v) is 10.4. The molecule has 1 aromatic heterocycles. The number of nitrogens with one attached hydrogen (secondary N) is 1. The Morgan fingerprint density at radius 1 is 1.15 bits per heavy atom. The van der Waals surface area contributed by atoms with Gasteiger partial charge in [-0.15, -0.1) is 10.2 Å². The van der Waals surface area contributed by atoms with Crippen LogP contribution in [0.2, 0.25) is 5.02 Å². The molecule has 0 aliphatic carbocycles. The lowest BCUT2D eigenvalue weighted by Gasteiger charge is -2.19. The minimum atomic E-state index is -0.133. The predicted molar refractivity (Wildman–Crippen MR) is 104 cm³/mol. The summed E-state index contributed by atoms with van der Waals surface area (Å²) < 4.78 is 2.04. The van der Waals surface area contributed by atoms with Crippen molar-refractivity contribution in [3.8, 4) is 5.69 Å². The fourth-order valence-corrected chi connectivity index (χ4v) is 4.75. The van der Waals surface area contributed by atoms with Crippen molar-refractivity contribution in [1.29, 1.82) is 0 Å². The lowest BCUT2D eigenvalue weighted by molar-refractivity contribution is -0.120. The zero-order valence-electron chi connectivity index (χ0n) is 14.5. The third kappa shape index (κ3) is 3.69. The highest BCUT2D eigenvalue weighted by molar-refractivity contribution is 8.00. The summed E-state index contributed by atoms with van der Waals surface area (Å²) in [5.41, 5.74) is 0.931. The third-order valence-corrected chi connectivity index (χ3v) is 6.25. The molecule has 0 saturated carbocycles. The van der Waals surface area contributed by atoms with Crippen LogP contribution in [0.1, 0.15) is 32.1 Å². The molecule has 4 rings (SSSR count). The van der Waals surface area contributed by atoms with Gasteiger partial charge in [0.15, 0.2) is 5.16 Å². The van der Waals surface area contributed by atoms with Gasteiger partial charge in [-0.3, -0.25) is 9.36 Å². The summed E-state index contributed by atoms with van der Waals surface area (Å²) in [6.07, 6.45) is 5.26. The molecule has 0 radical (unpaired) electrons. The second-order valence-corrected chi connectivity index (χ2v) is 8.29. The minimum absolute atomic E-state index is 0.0934. The fourth-order valence-electron chi connectivity index (χ4n) is 3.45. The Labute approximate surface area is 162 Å². The standard InChI is InChI=1S/C18H22ClN5OS/c19-13-6-5-7-14(12-13)24-17(23-10-3-4-11-23)21-22-18(24)26-15-8-1-2-9-20-16(15)25/h5-7,12,15H,1-4,8-11H2,(H,20,25). The number of hydrogen-bond acceptors (Lipinski definition) is 5. The maximum absolute atomic E-state index is 12.4. The van der Waals surface area contributed by atoms with Crippen LogP contribution in [0.5, 0.6) is 0 Å². The first-order valence-electron chi connectivity index (χ1n) is 9.13. The van der Waals surface area contributed by atoms with Crippen LogP contribution >= 0.6 is 23.4 Å². The van der Waals surface area contributed by atoms with Crippen LogP contribution in [-0.4, -0.2) is 45.6 Å². The van der Waals surface area contributed by atoms with E-state index < -0.39 is 0 Å². The number of carbonyl (C=O) groups is 1. The van der Waals surface area contributed by atoms with Gasteiger partial charge >= 0.3 is 0 Å². The Bertz CT molecular complexity index is 790. The monoisotopic (exact) mass is 391 g/mol. The lowest BCUT2D eigenvalue weighted by atomic mass is 10.2. The van der Waals surface area contributed by atoms with Crippen LogP contribution in [0.25, 0.3) is 5.69 Å². The van der Waals surface area contributed by atoms with Crippen LogP contribution in [0.3, 0.4) is 0 Å². The van der Waals surface area contributed by atoms with E-state index in [1.165, 1.54) is 11.8 Å². The Morgan fingerprint density at radius 3 is 2.81 bits per heavy atom. The SMILES string of the molecule is O=C1NCCCCC1Sc1nnc(N2CCCC2)n1-c1cccc(Cl)c1. The molecule has 2 saturated heterocycles. The van der Waals surface area contributed by atoms with E-state index in [9.17, 15) is 4.79 Å². The van der Waals surface area contributed by atoms with Crippen molar-refractivity contribution < 1.29 is 4.79 Å². The van der Waals surface area contributed by atoms with E-state index >= 15 is 0 Å². The lowest BCUT2D eigenvalue weighted by Crippen LogP contribution is -2.31. The van der Waals surface area contributed by atoms with E-state index in [2.05, 4.69) is 20.4 Å². The Balaban J connectivity index is 1.70. The number of benzene rings is 1. The van der Waals surface area contributed by atoms with Crippen molar-refractivity contribution in [1.82, 2.24) is 20.1 Å². The van der Waals surface area contributed by atoms with Gasteiger partial charge in [0, 0.05) is 24.7 Å². The van der Waals surface area contributed by atoms with E-state index in [0.29, 0.717) is 5.02 Å².